The number of carboxylic acids is 1. The number of aliphatic carboxylic acids is 1. The molecule has 0 radical (unpaired) electrons. The Bertz CT molecular complexity index is 666. The van der Waals surface area contributed by atoms with Crippen molar-refractivity contribution in [3.63, 3.8) is 0 Å². The van der Waals surface area contributed by atoms with Gasteiger partial charge in [-0.25, -0.2) is 0 Å². The first-order valence-electron chi connectivity index (χ1n) is 7.60. The van der Waals surface area contributed by atoms with Crippen LogP contribution in [0.3, 0.4) is 0 Å². The van der Waals surface area contributed by atoms with E-state index in [1.165, 1.54) is 0 Å². The number of carbonyl (C=O) groups excluding carboxylic acids is 1. The first-order valence-corrected chi connectivity index (χ1v) is 7.60. The van der Waals surface area contributed by atoms with E-state index in [1.807, 2.05) is 49.4 Å². The summed E-state index contributed by atoms with van der Waals surface area (Å²) in [5.41, 5.74) is 0.825. The molecule has 0 fully saturated rings. The van der Waals surface area contributed by atoms with E-state index in [0.717, 1.165) is 29.2 Å². The van der Waals surface area contributed by atoms with Gasteiger partial charge >= 0.3 is 5.97 Å². The lowest BCUT2D eigenvalue weighted by molar-refractivity contribution is -0.137. The van der Waals surface area contributed by atoms with Gasteiger partial charge in [-0.1, -0.05) is 49.7 Å². The fourth-order valence-corrected chi connectivity index (χ4v) is 2.46. The highest BCUT2D eigenvalue weighted by Crippen LogP contribution is 2.23. The molecule has 2 aromatic carbocycles. The minimum absolute atomic E-state index is 0.0961. The molecule has 116 valence electrons. The highest BCUT2D eigenvalue weighted by molar-refractivity contribution is 5.84. The minimum atomic E-state index is -0.922. The van der Waals surface area contributed by atoms with Crippen molar-refractivity contribution in [2.45, 2.75) is 38.6 Å². The maximum Gasteiger partial charge on any atom is 0.305 e. The van der Waals surface area contributed by atoms with Crippen molar-refractivity contribution < 1.29 is 14.7 Å². The Morgan fingerprint density at radius 1 is 1.14 bits per heavy atom. The maximum atomic E-state index is 11.9. The van der Waals surface area contributed by atoms with E-state index in [4.69, 9.17) is 5.11 Å². The highest BCUT2D eigenvalue weighted by atomic mass is 16.4. The summed E-state index contributed by atoms with van der Waals surface area (Å²) < 4.78 is 0. The Morgan fingerprint density at radius 2 is 1.86 bits per heavy atom. The number of hydrogen-bond donors (Lipinski definition) is 2. The smallest absolute Gasteiger partial charge is 0.305 e. The number of unbranched alkanes of at least 4 members (excludes halogenated alkanes) is 1. The fraction of sp³-hybridized carbons (Fsp3) is 0.333. The van der Waals surface area contributed by atoms with Crippen molar-refractivity contribution in [2.75, 3.05) is 0 Å². The van der Waals surface area contributed by atoms with Crippen molar-refractivity contribution in [3.8, 4) is 0 Å². The fourth-order valence-electron chi connectivity index (χ4n) is 2.46. The van der Waals surface area contributed by atoms with Crippen LogP contribution in [0.15, 0.2) is 42.5 Å². The molecular weight excluding hydrogens is 278 g/mol. The summed E-state index contributed by atoms with van der Waals surface area (Å²) in [6, 6.07) is 13.2. The molecule has 1 atom stereocenters. The van der Waals surface area contributed by atoms with E-state index in [2.05, 4.69) is 5.32 Å². The van der Waals surface area contributed by atoms with Crippen molar-refractivity contribution in [3.05, 3.63) is 48.0 Å². The second-order valence-electron chi connectivity index (χ2n) is 5.43. The van der Waals surface area contributed by atoms with Gasteiger partial charge in [0, 0.05) is 6.42 Å². The maximum absolute atomic E-state index is 11.9. The molecule has 0 spiro atoms. The average Bonchev–Trinajstić information content (AvgIpc) is 2.51. The normalized spacial score (nSPS) is 12.0. The number of nitrogens with one attached hydrogen (secondary N) is 1. The van der Waals surface area contributed by atoms with Crippen LogP contribution < -0.4 is 5.32 Å². The summed E-state index contributed by atoms with van der Waals surface area (Å²) in [4.78, 5) is 23.0. The quantitative estimate of drug-likeness (QED) is 0.820. The van der Waals surface area contributed by atoms with Gasteiger partial charge < -0.3 is 10.4 Å². The van der Waals surface area contributed by atoms with Gasteiger partial charge in [-0.2, -0.15) is 0 Å². The average molecular weight is 299 g/mol. The highest BCUT2D eigenvalue weighted by Gasteiger charge is 2.18. The van der Waals surface area contributed by atoms with E-state index in [1.54, 1.807) is 0 Å². The third-order valence-electron chi connectivity index (χ3n) is 3.65. The molecule has 0 bridgehead atoms. The third-order valence-corrected chi connectivity index (χ3v) is 3.65. The Morgan fingerprint density at radius 3 is 2.55 bits per heavy atom. The molecule has 0 saturated heterocycles. The molecule has 0 heterocycles. The van der Waals surface area contributed by atoms with Gasteiger partial charge in [0.2, 0.25) is 5.91 Å². The van der Waals surface area contributed by atoms with Crippen LogP contribution in [0.2, 0.25) is 0 Å². The van der Waals surface area contributed by atoms with E-state index in [9.17, 15) is 9.59 Å². The van der Waals surface area contributed by atoms with Crippen LogP contribution in [0.4, 0.5) is 0 Å². The van der Waals surface area contributed by atoms with Crippen molar-refractivity contribution in [1.82, 2.24) is 5.32 Å². The van der Waals surface area contributed by atoms with Gasteiger partial charge in [0.05, 0.1) is 12.5 Å². The zero-order valence-electron chi connectivity index (χ0n) is 12.7. The number of carbonyl (C=O) groups is 2. The first-order chi connectivity index (χ1) is 10.6. The van der Waals surface area contributed by atoms with Crippen molar-refractivity contribution >= 4 is 22.6 Å². The summed E-state index contributed by atoms with van der Waals surface area (Å²) in [5, 5.41) is 14.1. The molecule has 0 aliphatic carbocycles. The predicted octanol–water partition coefficient (Wildman–Crippen LogP) is 3.66. The third kappa shape index (κ3) is 4.32. The van der Waals surface area contributed by atoms with Gasteiger partial charge in [0.25, 0.3) is 0 Å². The zero-order valence-corrected chi connectivity index (χ0v) is 12.7. The van der Waals surface area contributed by atoms with Crippen LogP contribution in [-0.2, 0) is 9.59 Å². The Labute approximate surface area is 130 Å². The van der Waals surface area contributed by atoms with Crippen LogP contribution in [-0.4, -0.2) is 17.0 Å². The predicted molar refractivity (Wildman–Crippen MR) is 86.6 cm³/mol. The number of amides is 1. The summed E-state index contributed by atoms with van der Waals surface area (Å²) in [5.74, 6) is -1.02. The molecule has 2 N–H and O–H groups in total. The van der Waals surface area contributed by atoms with Crippen LogP contribution in [0.5, 0.6) is 0 Å². The number of fused-ring (bicyclic) bond motifs is 1. The van der Waals surface area contributed by atoms with Crippen molar-refractivity contribution in [2.24, 2.45) is 0 Å². The summed E-state index contributed by atoms with van der Waals surface area (Å²) in [6.45, 7) is 2.02. The summed E-state index contributed by atoms with van der Waals surface area (Å²) in [6.07, 6.45) is 2.06. The number of carboxylic acid groups (broad SMARTS) is 1. The van der Waals surface area contributed by atoms with E-state index in [0.29, 0.717) is 6.42 Å². The largest absolute Gasteiger partial charge is 0.481 e. The molecule has 4 heteroatoms. The molecule has 1 amide bonds. The second-order valence-corrected chi connectivity index (χ2v) is 5.43. The molecule has 2 aromatic rings. The molecule has 0 saturated carbocycles. The SMILES string of the molecule is CCCCC(=O)N[C@@H](CC(=O)O)c1ccc2ccccc2c1. The lowest BCUT2D eigenvalue weighted by Gasteiger charge is -2.18. The van der Waals surface area contributed by atoms with Crippen LogP contribution in [0.25, 0.3) is 10.8 Å². The van der Waals surface area contributed by atoms with Gasteiger partial charge in [-0.3, -0.25) is 9.59 Å². The van der Waals surface area contributed by atoms with E-state index in [-0.39, 0.29) is 12.3 Å². The Kier molecular flexibility index (Phi) is 5.53. The molecule has 0 unspecified atom stereocenters. The topological polar surface area (TPSA) is 66.4 Å². The van der Waals surface area contributed by atoms with Gasteiger partial charge in [-0.05, 0) is 28.8 Å². The molecule has 22 heavy (non-hydrogen) atoms. The first kappa shape index (κ1) is 16.0. The second kappa shape index (κ2) is 7.59. The molecule has 0 aromatic heterocycles. The van der Waals surface area contributed by atoms with E-state index < -0.39 is 12.0 Å². The standard InChI is InChI=1S/C18H21NO3/c1-2-3-8-17(20)19-16(12-18(21)22)15-10-9-13-6-4-5-7-14(13)11-15/h4-7,9-11,16H,2-3,8,12H2,1H3,(H,19,20)(H,21,22)/t16-/m0/s1. The molecule has 4 nitrogen and oxygen atoms in total. The Balaban J connectivity index is 2.22. The summed E-state index contributed by atoms with van der Waals surface area (Å²) >= 11 is 0. The molecule has 2 rings (SSSR count). The van der Waals surface area contributed by atoms with E-state index >= 15 is 0 Å². The lowest BCUT2D eigenvalue weighted by atomic mass is 9.99. The van der Waals surface area contributed by atoms with Crippen molar-refractivity contribution in [1.29, 1.82) is 0 Å². The van der Waals surface area contributed by atoms with Crippen LogP contribution in [0.1, 0.15) is 44.2 Å². The zero-order chi connectivity index (χ0) is 15.9. The summed E-state index contributed by atoms with van der Waals surface area (Å²) in [7, 11) is 0. The minimum Gasteiger partial charge on any atom is -0.481 e. The molecule has 0 aliphatic rings. The van der Waals surface area contributed by atoms with Gasteiger partial charge in [0.1, 0.15) is 0 Å². The van der Waals surface area contributed by atoms with Gasteiger partial charge in [0.15, 0.2) is 0 Å². The van der Waals surface area contributed by atoms with Crippen LogP contribution in [0, 0.1) is 0 Å². The number of rotatable bonds is 7. The Hall–Kier alpha value is -2.36. The van der Waals surface area contributed by atoms with Gasteiger partial charge in [-0.15, -0.1) is 0 Å². The number of hydrogen-bond acceptors (Lipinski definition) is 2. The van der Waals surface area contributed by atoms with Crippen LogP contribution >= 0.6 is 0 Å². The number of benzene rings is 2. The molecule has 0 aliphatic heterocycles. The monoisotopic (exact) mass is 299 g/mol. The lowest BCUT2D eigenvalue weighted by Crippen LogP contribution is -2.29. The molecular formula is C18H21NO3.